The molecular formula is C17H20N4O2. The summed E-state index contributed by atoms with van der Waals surface area (Å²) >= 11 is 0. The van der Waals surface area contributed by atoms with Crippen LogP contribution in [0.5, 0.6) is 0 Å². The van der Waals surface area contributed by atoms with Crippen LogP contribution < -0.4 is 11.2 Å². The summed E-state index contributed by atoms with van der Waals surface area (Å²) in [6.45, 7) is 7.90. The Morgan fingerprint density at radius 1 is 1.13 bits per heavy atom. The molecule has 23 heavy (non-hydrogen) atoms. The standard InChI is InChI=1S/C17H20N4O2/c1-6-12-18-13-15(19-12)21(17(23)20(5)16(13)22)14-10(3)7-9(2)8-11(14)4/h7-8H,6H2,1-5H3,(H,18,19). The molecule has 6 nitrogen and oxygen atoms in total. The normalized spacial score (nSPS) is 11.3. The van der Waals surface area contributed by atoms with Crippen LogP contribution in [0.1, 0.15) is 29.4 Å². The number of rotatable bonds is 2. The monoisotopic (exact) mass is 312 g/mol. The van der Waals surface area contributed by atoms with Crippen molar-refractivity contribution < 1.29 is 0 Å². The van der Waals surface area contributed by atoms with Crippen molar-refractivity contribution in [1.82, 2.24) is 19.1 Å². The van der Waals surface area contributed by atoms with E-state index in [0.717, 1.165) is 26.9 Å². The summed E-state index contributed by atoms with van der Waals surface area (Å²) in [6.07, 6.45) is 0.665. The van der Waals surface area contributed by atoms with Crippen molar-refractivity contribution in [3.05, 3.63) is 55.5 Å². The van der Waals surface area contributed by atoms with Crippen LogP contribution in [-0.4, -0.2) is 19.1 Å². The zero-order chi connectivity index (χ0) is 16.9. The van der Waals surface area contributed by atoms with Crippen molar-refractivity contribution in [2.24, 2.45) is 7.05 Å². The number of hydrogen-bond acceptors (Lipinski definition) is 3. The maximum atomic E-state index is 12.8. The summed E-state index contributed by atoms with van der Waals surface area (Å²) in [5, 5.41) is 0. The Bertz CT molecular complexity index is 1010. The van der Waals surface area contributed by atoms with E-state index in [1.807, 2.05) is 39.8 Å². The second-order valence-corrected chi connectivity index (χ2v) is 5.97. The SMILES string of the molecule is CCc1nc2c([nH]1)c(=O)n(C)c(=O)n2-c1c(C)cc(C)cc1C. The number of H-pyrrole nitrogens is 1. The summed E-state index contributed by atoms with van der Waals surface area (Å²) in [4.78, 5) is 32.6. The van der Waals surface area contributed by atoms with E-state index in [4.69, 9.17) is 0 Å². The highest BCUT2D eigenvalue weighted by atomic mass is 16.2. The summed E-state index contributed by atoms with van der Waals surface area (Å²) in [6, 6.07) is 4.05. The van der Waals surface area contributed by atoms with Gasteiger partial charge in [0.25, 0.3) is 5.56 Å². The Hall–Kier alpha value is -2.63. The van der Waals surface area contributed by atoms with Gasteiger partial charge in [-0.3, -0.25) is 9.36 Å². The predicted molar refractivity (Wildman–Crippen MR) is 90.5 cm³/mol. The van der Waals surface area contributed by atoms with Gasteiger partial charge in [-0.05, 0) is 31.9 Å². The Balaban J connectivity index is 2.55. The number of nitrogens with one attached hydrogen (secondary N) is 1. The largest absolute Gasteiger partial charge is 0.337 e. The van der Waals surface area contributed by atoms with Crippen molar-refractivity contribution in [2.75, 3.05) is 0 Å². The van der Waals surface area contributed by atoms with E-state index in [1.165, 1.54) is 11.6 Å². The highest BCUT2D eigenvalue weighted by molar-refractivity contribution is 5.73. The van der Waals surface area contributed by atoms with Gasteiger partial charge in [-0.15, -0.1) is 0 Å². The molecule has 1 aromatic carbocycles. The second kappa shape index (κ2) is 5.22. The lowest BCUT2D eigenvalue weighted by Crippen LogP contribution is -2.38. The van der Waals surface area contributed by atoms with E-state index in [1.54, 1.807) is 0 Å². The Morgan fingerprint density at radius 3 is 2.30 bits per heavy atom. The zero-order valence-corrected chi connectivity index (χ0v) is 14.0. The number of aromatic amines is 1. The van der Waals surface area contributed by atoms with E-state index < -0.39 is 0 Å². The molecule has 0 fully saturated rings. The molecule has 0 aliphatic carbocycles. The first-order chi connectivity index (χ1) is 10.8. The molecule has 3 aromatic rings. The third-order valence-corrected chi connectivity index (χ3v) is 4.14. The summed E-state index contributed by atoms with van der Waals surface area (Å²) < 4.78 is 2.66. The van der Waals surface area contributed by atoms with Crippen LogP contribution in [0.15, 0.2) is 21.7 Å². The quantitative estimate of drug-likeness (QED) is 0.785. The molecule has 0 radical (unpaired) electrons. The van der Waals surface area contributed by atoms with Crippen molar-refractivity contribution in [3.63, 3.8) is 0 Å². The van der Waals surface area contributed by atoms with E-state index in [0.29, 0.717) is 23.4 Å². The highest BCUT2D eigenvalue weighted by Gasteiger charge is 2.18. The van der Waals surface area contributed by atoms with Crippen LogP contribution in [0.3, 0.4) is 0 Å². The van der Waals surface area contributed by atoms with Crippen LogP contribution in [0.4, 0.5) is 0 Å². The lowest BCUT2D eigenvalue weighted by molar-refractivity contribution is 0.745. The smallest absolute Gasteiger partial charge is 0.336 e. The number of imidazole rings is 1. The number of aromatic nitrogens is 4. The van der Waals surface area contributed by atoms with Gasteiger partial charge in [-0.2, -0.15) is 0 Å². The van der Waals surface area contributed by atoms with Gasteiger partial charge in [0.2, 0.25) is 0 Å². The molecule has 0 amide bonds. The average Bonchev–Trinajstić information content (AvgIpc) is 2.91. The molecule has 0 aliphatic heterocycles. The third-order valence-electron chi connectivity index (χ3n) is 4.14. The number of aryl methyl sites for hydroxylation is 4. The van der Waals surface area contributed by atoms with Crippen molar-refractivity contribution >= 4 is 11.2 Å². The Morgan fingerprint density at radius 2 is 1.74 bits per heavy atom. The van der Waals surface area contributed by atoms with E-state index in [2.05, 4.69) is 9.97 Å². The topological polar surface area (TPSA) is 72.7 Å². The van der Waals surface area contributed by atoms with Crippen molar-refractivity contribution in [2.45, 2.75) is 34.1 Å². The van der Waals surface area contributed by atoms with Crippen LogP contribution in [0.25, 0.3) is 16.9 Å². The first-order valence-electron chi connectivity index (χ1n) is 7.64. The fourth-order valence-corrected chi connectivity index (χ4v) is 3.11. The minimum absolute atomic E-state index is 0.351. The average molecular weight is 312 g/mol. The molecule has 0 unspecified atom stereocenters. The molecule has 120 valence electrons. The van der Waals surface area contributed by atoms with E-state index in [-0.39, 0.29) is 11.2 Å². The molecule has 0 atom stereocenters. The van der Waals surface area contributed by atoms with Gasteiger partial charge < -0.3 is 4.98 Å². The van der Waals surface area contributed by atoms with Gasteiger partial charge in [0, 0.05) is 13.5 Å². The van der Waals surface area contributed by atoms with Gasteiger partial charge in [-0.1, -0.05) is 24.6 Å². The van der Waals surface area contributed by atoms with Crippen LogP contribution in [0.2, 0.25) is 0 Å². The van der Waals surface area contributed by atoms with Gasteiger partial charge in [0.05, 0.1) is 5.69 Å². The van der Waals surface area contributed by atoms with Crippen molar-refractivity contribution in [3.8, 4) is 5.69 Å². The number of nitrogens with zero attached hydrogens (tertiary/aromatic N) is 3. The molecule has 0 aliphatic rings. The fraction of sp³-hybridized carbons (Fsp3) is 0.353. The number of fused-ring (bicyclic) bond motifs is 1. The van der Waals surface area contributed by atoms with Gasteiger partial charge in [-0.25, -0.2) is 14.3 Å². The van der Waals surface area contributed by atoms with E-state index in [9.17, 15) is 9.59 Å². The highest BCUT2D eigenvalue weighted by Crippen LogP contribution is 2.22. The number of benzene rings is 1. The van der Waals surface area contributed by atoms with E-state index >= 15 is 0 Å². The molecule has 0 spiro atoms. The maximum absolute atomic E-state index is 12.8. The number of hydrogen-bond donors (Lipinski definition) is 1. The first-order valence-corrected chi connectivity index (χ1v) is 7.64. The predicted octanol–water partition coefficient (Wildman–Crippen LogP) is 1.90. The molecule has 0 saturated heterocycles. The van der Waals surface area contributed by atoms with Gasteiger partial charge in [0.15, 0.2) is 5.65 Å². The molecule has 1 N–H and O–H groups in total. The molecule has 0 bridgehead atoms. The first kappa shape index (κ1) is 15.3. The van der Waals surface area contributed by atoms with Crippen LogP contribution in [0, 0.1) is 20.8 Å². The minimum Gasteiger partial charge on any atom is -0.336 e. The zero-order valence-electron chi connectivity index (χ0n) is 14.0. The molecular weight excluding hydrogens is 292 g/mol. The maximum Gasteiger partial charge on any atom is 0.337 e. The molecule has 0 saturated carbocycles. The third kappa shape index (κ3) is 2.21. The fourth-order valence-electron chi connectivity index (χ4n) is 3.11. The van der Waals surface area contributed by atoms with Gasteiger partial charge in [0.1, 0.15) is 11.3 Å². The minimum atomic E-state index is -0.383. The Labute approximate surface area is 133 Å². The molecule has 2 aromatic heterocycles. The molecule has 3 rings (SSSR count). The molecule has 2 heterocycles. The van der Waals surface area contributed by atoms with Crippen LogP contribution >= 0.6 is 0 Å². The summed E-state index contributed by atoms with van der Waals surface area (Å²) in [7, 11) is 1.49. The van der Waals surface area contributed by atoms with Crippen LogP contribution in [-0.2, 0) is 13.5 Å². The summed E-state index contributed by atoms with van der Waals surface area (Å²) in [5.41, 5.74) is 3.90. The lowest BCUT2D eigenvalue weighted by Gasteiger charge is -2.15. The van der Waals surface area contributed by atoms with Crippen molar-refractivity contribution in [1.29, 1.82) is 0 Å². The molecule has 6 heteroatoms. The lowest BCUT2D eigenvalue weighted by atomic mass is 10.0. The van der Waals surface area contributed by atoms with Gasteiger partial charge >= 0.3 is 5.69 Å². The summed E-state index contributed by atoms with van der Waals surface area (Å²) in [5.74, 6) is 0.693. The Kier molecular flexibility index (Phi) is 3.47. The second-order valence-electron chi connectivity index (χ2n) is 5.97.